The predicted octanol–water partition coefficient (Wildman–Crippen LogP) is 14.5. The van der Waals surface area contributed by atoms with Crippen LogP contribution in [0.15, 0.2) is 60.8 Å². The van der Waals surface area contributed by atoms with Crippen molar-refractivity contribution in [3.05, 3.63) is 60.8 Å². The lowest BCUT2D eigenvalue weighted by molar-refractivity contribution is 0.514. The quantitative estimate of drug-likeness (QED) is 0.281. The first-order valence-electron chi connectivity index (χ1n) is 18.3. The first-order chi connectivity index (χ1) is 20.0. The van der Waals surface area contributed by atoms with Crippen LogP contribution in [0.1, 0.15) is 193 Å². The highest BCUT2D eigenvalue weighted by atomic mass is 14.0. The minimum Gasteiger partial charge on any atom is -0.0845 e. The summed E-state index contributed by atoms with van der Waals surface area (Å²) in [6, 6.07) is 0. The lowest BCUT2D eigenvalue weighted by Gasteiger charge is -2.04. The second-order valence-electron chi connectivity index (χ2n) is 12.5. The fraction of sp³-hybridized carbons (Fsp3) is 0.750. The maximum absolute atomic E-state index is 2.32. The normalized spacial score (nSPS) is 23.6. The lowest BCUT2D eigenvalue weighted by Crippen LogP contribution is -1.85. The van der Waals surface area contributed by atoms with Gasteiger partial charge in [0.25, 0.3) is 0 Å². The summed E-state index contributed by atoms with van der Waals surface area (Å²) in [5.41, 5.74) is 0. The molecule has 0 radical (unpaired) electrons. The molecule has 0 atom stereocenters. The summed E-state index contributed by atoms with van der Waals surface area (Å²) in [4.78, 5) is 0. The highest BCUT2D eigenvalue weighted by Gasteiger charge is 1.97. The van der Waals surface area contributed by atoms with Crippen LogP contribution in [0.5, 0.6) is 0 Å². The molecule has 0 saturated carbocycles. The second kappa shape index (κ2) is 33.9. The van der Waals surface area contributed by atoms with E-state index >= 15 is 0 Å². The molecule has 0 bridgehead atoms. The van der Waals surface area contributed by atoms with E-state index in [2.05, 4.69) is 60.8 Å². The van der Waals surface area contributed by atoms with Gasteiger partial charge in [0.15, 0.2) is 0 Å². The topological polar surface area (TPSA) is 0 Å². The molecule has 0 aromatic rings. The monoisotopic (exact) mass is 551 g/mol. The molecule has 0 nitrogen and oxygen atoms in total. The van der Waals surface area contributed by atoms with Gasteiger partial charge in [-0.15, -0.1) is 0 Å². The molecule has 1 aliphatic rings. The molecule has 0 heteroatoms. The van der Waals surface area contributed by atoms with Gasteiger partial charge in [0.05, 0.1) is 0 Å². The van der Waals surface area contributed by atoms with Crippen molar-refractivity contribution < 1.29 is 0 Å². The van der Waals surface area contributed by atoms with Crippen molar-refractivity contribution >= 4 is 0 Å². The first-order valence-corrected chi connectivity index (χ1v) is 18.3. The van der Waals surface area contributed by atoms with E-state index in [1.165, 1.54) is 193 Å². The van der Waals surface area contributed by atoms with E-state index < -0.39 is 0 Å². The molecule has 1 aliphatic carbocycles. The Kier molecular flexibility index (Phi) is 31.1. The summed E-state index contributed by atoms with van der Waals surface area (Å²) < 4.78 is 0. The third-order valence-electron chi connectivity index (χ3n) is 8.54. The molecule has 0 fully saturated rings. The second-order valence-corrected chi connectivity index (χ2v) is 12.5. The highest BCUT2D eigenvalue weighted by Crippen LogP contribution is 2.16. The summed E-state index contributed by atoms with van der Waals surface area (Å²) in [7, 11) is 0. The minimum atomic E-state index is 1.22. The molecular formula is C40H70. The van der Waals surface area contributed by atoms with E-state index in [1.54, 1.807) is 0 Å². The van der Waals surface area contributed by atoms with Crippen molar-refractivity contribution in [2.75, 3.05) is 0 Å². The fourth-order valence-corrected chi connectivity index (χ4v) is 5.86. The average molecular weight is 551 g/mol. The van der Waals surface area contributed by atoms with Crippen molar-refractivity contribution in [3.63, 3.8) is 0 Å². The number of hydrogen-bond acceptors (Lipinski definition) is 0. The zero-order chi connectivity index (χ0) is 28.3. The number of rotatable bonds is 0. The largest absolute Gasteiger partial charge is 0.0845 e. The smallest absolute Gasteiger partial charge is 0.0348 e. The van der Waals surface area contributed by atoms with E-state index in [0.717, 1.165) is 0 Å². The van der Waals surface area contributed by atoms with E-state index in [-0.39, 0.29) is 0 Å². The van der Waals surface area contributed by atoms with Crippen molar-refractivity contribution in [2.45, 2.75) is 193 Å². The highest BCUT2D eigenvalue weighted by molar-refractivity contribution is 5.17. The van der Waals surface area contributed by atoms with Crippen LogP contribution in [-0.4, -0.2) is 0 Å². The van der Waals surface area contributed by atoms with Gasteiger partial charge in [-0.25, -0.2) is 0 Å². The molecule has 1 rings (SSSR count). The summed E-state index contributed by atoms with van der Waals surface area (Å²) >= 11 is 0. The van der Waals surface area contributed by atoms with Crippen LogP contribution in [-0.2, 0) is 0 Å². The Bertz CT molecular complexity index is 562. The molecule has 0 N–H and O–H groups in total. The van der Waals surface area contributed by atoms with E-state index in [0.29, 0.717) is 0 Å². The van der Waals surface area contributed by atoms with Crippen LogP contribution in [0.25, 0.3) is 0 Å². The molecule has 40 heavy (non-hydrogen) atoms. The maximum atomic E-state index is 2.32. The fourth-order valence-electron chi connectivity index (χ4n) is 5.86. The Balaban J connectivity index is 2.14. The van der Waals surface area contributed by atoms with Crippen LogP contribution >= 0.6 is 0 Å². The molecule has 0 heterocycles. The van der Waals surface area contributed by atoms with Crippen molar-refractivity contribution in [1.82, 2.24) is 0 Å². The molecular weight excluding hydrogens is 480 g/mol. The van der Waals surface area contributed by atoms with E-state index in [4.69, 9.17) is 0 Å². The van der Waals surface area contributed by atoms with Gasteiger partial charge in [-0.2, -0.15) is 0 Å². The third-order valence-corrected chi connectivity index (χ3v) is 8.54. The molecule has 0 aliphatic heterocycles. The van der Waals surface area contributed by atoms with Gasteiger partial charge in [0.1, 0.15) is 0 Å². The van der Waals surface area contributed by atoms with Crippen LogP contribution in [0.3, 0.4) is 0 Å². The van der Waals surface area contributed by atoms with Gasteiger partial charge >= 0.3 is 0 Å². The Hall–Kier alpha value is -1.30. The van der Waals surface area contributed by atoms with Gasteiger partial charge in [-0.1, -0.05) is 228 Å². The van der Waals surface area contributed by atoms with Crippen LogP contribution < -0.4 is 0 Å². The predicted molar refractivity (Wildman–Crippen MR) is 184 cm³/mol. The zero-order valence-corrected chi connectivity index (χ0v) is 27.0. The molecule has 0 spiro atoms. The average Bonchev–Trinajstić information content (AvgIpc) is 2.97. The molecule has 0 aromatic heterocycles. The van der Waals surface area contributed by atoms with Crippen LogP contribution in [0.4, 0.5) is 0 Å². The van der Waals surface area contributed by atoms with Crippen LogP contribution in [0, 0.1) is 0 Å². The van der Waals surface area contributed by atoms with Crippen molar-refractivity contribution in [2.24, 2.45) is 0 Å². The molecule has 0 amide bonds. The standard InChI is InChI=1S/C40H70/c1-2-4-6-8-10-12-14-16-18-20-22-24-26-28-30-32-34-36-38-40-39-37-35-33-31-29-27-25-23-21-19-17-15-13-11-9-7-5-3-1/h1-10H,11-40H2/b2-1-,5-3+,6-4?,9-7?,10-8?. The van der Waals surface area contributed by atoms with Gasteiger partial charge in [-0.05, 0) is 25.7 Å². The molecule has 0 saturated heterocycles. The molecule has 0 unspecified atom stereocenters. The van der Waals surface area contributed by atoms with Crippen molar-refractivity contribution in [3.8, 4) is 0 Å². The van der Waals surface area contributed by atoms with Crippen LogP contribution in [0.2, 0.25) is 0 Å². The Labute approximate surface area is 253 Å². The minimum absolute atomic E-state index is 1.22. The summed E-state index contributed by atoms with van der Waals surface area (Å²) in [6.07, 6.45) is 65.0. The van der Waals surface area contributed by atoms with Gasteiger partial charge in [0, 0.05) is 0 Å². The Morgan fingerprint density at radius 1 is 0.150 bits per heavy atom. The van der Waals surface area contributed by atoms with Crippen molar-refractivity contribution in [1.29, 1.82) is 0 Å². The summed E-state index contributed by atoms with van der Waals surface area (Å²) in [5, 5.41) is 0. The van der Waals surface area contributed by atoms with Gasteiger partial charge in [-0.3, -0.25) is 0 Å². The van der Waals surface area contributed by atoms with Gasteiger partial charge in [0.2, 0.25) is 0 Å². The molecule has 230 valence electrons. The SMILES string of the molecule is C1=C/C=C\C=C\C=CCCCCCCCCCCCCCCCCCCCCCCCCCCCCCCC=C1. The molecule has 0 aromatic carbocycles. The van der Waals surface area contributed by atoms with Gasteiger partial charge < -0.3 is 0 Å². The summed E-state index contributed by atoms with van der Waals surface area (Å²) in [6.45, 7) is 0. The Morgan fingerprint density at radius 2 is 0.300 bits per heavy atom. The number of hydrogen-bond donors (Lipinski definition) is 0. The Morgan fingerprint density at radius 3 is 0.500 bits per heavy atom. The lowest BCUT2D eigenvalue weighted by atomic mass is 10.0. The van der Waals surface area contributed by atoms with E-state index in [1.807, 2.05) is 0 Å². The first kappa shape index (κ1) is 36.7. The number of allylic oxidation sites excluding steroid dienone is 10. The maximum Gasteiger partial charge on any atom is -0.0348 e. The zero-order valence-electron chi connectivity index (χ0n) is 27.0. The van der Waals surface area contributed by atoms with E-state index in [9.17, 15) is 0 Å². The third kappa shape index (κ3) is 31.2. The summed E-state index contributed by atoms with van der Waals surface area (Å²) in [5.74, 6) is 0.